The van der Waals surface area contributed by atoms with Gasteiger partial charge in [0.05, 0.1) is 0 Å². The van der Waals surface area contributed by atoms with E-state index >= 15 is 0 Å². The Hall–Kier alpha value is -1.95. The van der Waals surface area contributed by atoms with Crippen LogP contribution in [0.1, 0.15) is 15.9 Å². The Morgan fingerprint density at radius 2 is 2.11 bits per heavy atom. The third kappa shape index (κ3) is 3.08. The molecule has 0 aliphatic rings. The summed E-state index contributed by atoms with van der Waals surface area (Å²) >= 11 is 3.34. The number of pyridine rings is 1. The Kier molecular flexibility index (Phi) is 4.11. The van der Waals surface area contributed by atoms with E-state index in [-0.39, 0.29) is 12.5 Å². The molecule has 2 aromatic rings. The van der Waals surface area contributed by atoms with Crippen molar-refractivity contribution in [1.29, 1.82) is 0 Å². The Morgan fingerprint density at radius 3 is 2.79 bits per heavy atom. The summed E-state index contributed by atoms with van der Waals surface area (Å²) in [6, 6.07) is 8.39. The number of ether oxygens (including phenoxy) is 1. The van der Waals surface area contributed by atoms with Crippen LogP contribution in [0.4, 0.5) is 4.39 Å². The Bertz CT molecular complexity index is 619. The maximum Gasteiger partial charge on any atom is 0.338 e. The van der Waals surface area contributed by atoms with Gasteiger partial charge in [0.1, 0.15) is 12.2 Å². The van der Waals surface area contributed by atoms with Crippen molar-refractivity contribution < 1.29 is 19.0 Å². The Morgan fingerprint density at radius 1 is 1.37 bits per heavy atom. The van der Waals surface area contributed by atoms with E-state index in [1.165, 1.54) is 6.20 Å². The van der Waals surface area contributed by atoms with Gasteiger partial charge in [-0.1, -0.05) is 34.1 Å². The summed E-state index contributed by atoms with van der Waals surface area (Å²) in [5.41, 5.74) is 0.349. The molecule has 0 fully saturated rings. The van der Waals surface area contributed by atoms with Crippen molar-refractivity contribution in [3.63, 3.8) is 0 Å². The summed E-state index contributed by atoms with van der Waals surface area (Å²) in [5, 5.41) is 8.79. The van der Waals surface area contributed by atoms with Crippen molar-refractivity contribution >= 4 is 21.9 Å². The van der Waals surface area contributed by atoms with Crippen LogP contribution in [0, 0.1) is 5.82 Å². The van der Waals surface area contributed by atoms with Gasteiger partial charge in [-0.05, 0) is 12.1 Å². The molecule has 1 heterocycles. The lowest BCUT2D eigenvalue weighted by Gasteiger charge is -2.08. The van der Waals surface area contributed by atoms with Crippen LogP contribution in [-0.2, 0) is 6.61 Å². The summed E-state index contributed by atoms with van der Waals surface area (Å²) in [4.78, 5) is 14.5. The number of benzene rings is 1. The highest BCUT2D eigenvalue weighted by atomic mass is 79.9. The number of aromatic nitrogens is 1. The third-order valence-electron chi connectivity index (χ3n) is 2.41. The Labute approximate surface area is 117 Å². The van der Waals surface area contributed by atoms with Crippen molar-refractivity contribution in [3.8, 4) is 5.88 Å². The smallest absolute Gasteiger partial charge is 0.338 e. The third-order valence-corrected chi connectivity index (χ3v) is 3.18. The minimum absolute atomic E-state index is 0.0917. The van der Waals surface area contributed by atoms with Crippen LogP contribution < -0.4 is 4.74 Å². The fourth-order valence-electron chi connectivity index (χ4n) is 1.45. The highest BCUT2D eigenvalue weighted by molar-refractivity contribution is 9.10. The number of carbonyl (C=O) groups is 1. The molecule has 98 valence electrons. The van der Waals surface area contributed by atoms with Crippen LogP contribution in [-0.4, -0.2) is 16.1 Å². The highest BCUT2D eigenvalue weighted by Crippen LogP contribution is 2.21. The molecular formula is C13H9BrFNO3. The molecule has 0 bridgehead atoms. The number of hydrogen-bond donors (Lipinski definition) is 1. The molecule has 0 atom stereocenters. The summed E-state index contributed by atoms with van der Waals surface area (Å²) in [6.45, 7) is 0.0917. The van der Waals surface area contributed by atoms with Gasteiger partial charge in [0.15, 0.2) is 5.82 Å². The summed E-state index contributed by atoms with van der Waals surface area (Å²) in [6.07, 6.45) is 1.20. The van der Waals surface area contributed by atoms with Crippen molar-refractivity contribution in [2.75, 3.05) is 0 Å². The number of nitrogens with zero attached hydrogens (tertiary/aromatic N) is 1. The number of rotatable bonds is 4. The standard InChI is InChI=1S/C13H9BrFNO3/c14-10-4-2-1-3-8(10)7-19-12-11(15)9(13(17)18)5-6-16-12/h1-6H,7H2,(H,17,18). The first kappa shape index (κ1) is 13.5. The normalized spacial score (nSPS) is 10.2. The zero-order valence-electron chi connectivity index (χ0n) is 9.64. The number of carboxylic acid groups (broad SMARTS) is 1. The molecule has 2 rings (SSSR count). The van der Waals surface area contributed by atoms with E-state index < -0.39 is 17.3 Å². The van der Waals surface area contributed by atoms with Gasteiger partial charge < -0.3 is 9.84 Å². The predicted octanol–water partition coefficient (Wildman–Crippen LogP) is 3.26. The molecule has 0 spiro atoms. The molecule has 0 saturated heterocycles. The largest absolute Gasteiger partial charge is 0.478 e. The van der Waals surface area contributed by atoms with E-state index in [4.69, 9.17) is 9.84 Å². The fourth-order valence-corrected chi connectivity index (χ4v) is 1.85. The SMILES string of the molecule is O=C(O)c1ccnc(OCc2ccccc2Br)c1F. The first-order valence-corrected chi connectivity index (χ1v) is 6.13. The molecule has 0 aliphatic heterocycles. The molecule has 0 unspecified atom stereocenters. The van der Waals surface area contributed by atoms with Gasteiger partial charge in [-0.15, -0.1) is 0 Å². The first-order valence-electron chi connectivity index (χ1n) is 5.33. The lowest BCUT2D eigenvalue weighted by Crippen LogP contribution is -2.06. The van der Waals surface area contributed by atoms with Crippen LogP contribution in [0.15, 0.2) is 41.0 Å². The van der Waals surface area contributed by atoms with Gasteiger partial charge in [-0.3, -0.25) is 0 Å². The minimum atomic E-state index is -1.36. The van der Waals surface area contributed by atoms with Crippen molar-refractivity contribution in [3.05, 3.63) is 57.9 Å². The quantitative estimate of drug-likeness (QED) is 0.937. The van der Waals surface area contributed by atoms with Crippen molar-refractivity contribution in [2.24, 2.45) is 0 Å². The average molecular weight is 326 g/mol. The lowest BCUT2D eigenvalue weighted by molar-refractivity contribution is 0.0690. The molecular weight excluding hydrogens is 317 g/mol. The Balaban J connectivity index is 2.19. The molecule has 4 nitrogen and oxygen atoms in total. The molecule has 1 N–H and O–H groups in total. The van der Waals surface area contributed by atoms with Crippen LogP contribution in [0.25, 0.3) is 0 Å². The number of hydrogen-bond acceptors (Lipinski definition) is 3. The molecule has 0 radical (unpaired) electrons. The van der Waals surface area contributed by atoms with Gasteiger partial charge in [-0.25, -0.2) is 14.2 Å². The molecule has 19 heavy (non-hydrogen) atoms. The van der Waals surface area contributed by atoms with Gasteiger partial charge in [-0.2, -0.15) is 0 Å². The molecule has 6 heteroatoms. The molecule has 1 aromatic carbocycles. The highest BCUT2D eigenvalue weighted by Gasteiger charge is 2.16. The number of aromatic carboxylic acids is 1. The maximum absolute atomic E-state index is 13.7. The van der Waals surface area contributed by atoms with E-state index in [1.54, 1.807) is 0 Å². The zero-order chi connectivity index (χ0) is 13.8. The van der Waals surface area contributed by atoms with Gasteiger partial charge in [0.25, 0.3) is 5.88 Å². The van der Waals surface area contributed by atoms with Gasteiger partial charge in [0.2, 0.25) is 0 Å². The average Bonchev–Trinajstić information content (AvgIpc) is 2.39. The predicted molar refractivity (Wildman–Crippen MR) is 69.6 cm³/mol. The molecule has 0 aliphatic carbocycles. The van der Waals surface area contributed by atoms with E-state index in [9.17, 15) is 9.18 Å². The maximum atomic E-state index is 13.7. The first-order chi connectivity index (χ1) is 9.09. The summed E-state index contributed by atoms with van der Waals surface area (Å²) in [5.74, 6) is -2.65. The van der Waals surface area contributed by atoms with E-state index in [0.29, 0.717) is 0 Å². The minimum Gasteiger partial charge on any atom is -0.478 e. The topological polar surface area (TPSA) is 59.4 Å². The van der Waals surface area contributed by atoms with E-state index in [0.717, 1.165) is 16.1 Å². The van der Waals surface area contributed by atoms with Crippen LogP contribution in [0.5, 0.6) is 5.88 Å². The zero-order valence-corrected chi connectivity index (χ0v) is 11.2. The number of carboxylic acids is 1. The second kappa shape index (κ2) is 5.79. The fraction of sp³-hybridized carbons (Fsp3) is 0.0769. The van der Waals surface area contributed by atoms with Gasteiger partial charge >= 0.3 is 5.97 Å². The molecule has 1 aromatic heterocycles. The molecule has 0 amide bonds. The van der Waals surface area contributed by atoms with Crippen LogP contribution >= 0.6 is 15.9 Å². The van der Waals surface area contributed by atoms with Crippen molar-refractivity contribution in [2.45, 2.75) is 6.61 Å². The van der Waals surface area contributed by atoms with Crippen LogP contribution in [0.3, 0.4) is 0 Å². The number of halogens is 2. The van der Waals surface area contributed by atoms with Gasteiger partial charge in [0, 0.05) is 16.2 Å². The molecule has 0 saturated carbocycles. The monoisotopic (exact) mass is 325 g/mol. The lowest BCUT2D eigenvalue weighted by atomic mass is 10.2. The second-order valence-corrected chi connectivity index (χ2v) is 4.52. The van der Waals surface area contributed by atoms with E-state index in [1.807, 2.05) is 24.3 Å². The summed E-state index contributed by atoms with van der Waals surface area (Å²) in [7, 11) is 0. The van der Waals surface area contributed by atoms with E-state index in [2.05, 4.69) is 20.9 Å². The second-order valence-electron chi connectivity index (χ2n) is 3.66. The van der Waals surface area contributed by atoms with Crippen molar-refractivity contribution in [1.82, 2.24) is 4.98 Å². The van der Waals surface area contributed by atoms with Crippen LogP contribution in [0.2, 0.25) is 0 Å². The summed E-state index contributed by atoms with van der Waals surface area (Å²) < 4.78 is 19.8.